The second-order valence-corrected chi connectivity index (χ2v) is 7.60. The van der Waals surface area contributed by atoms with E-state index >= 15 is 0 Å². The van der Waals surface area contributed by atoms with Crippen LogP contribution in [0.4, 0.5) is 0 Å². The number of hydrogen-bond acceptors (Lipinski definition) is 6. The molecule has 0 aliphatic carbocycles. The highest BCUT2D eigenvalue weighted by Crippen LogP contribution is 2.25. The Kier molecular flexibility index (Phi) is 8.87. The van der Waals surface area contributed by atoms with Crippen molar-refractivity contribution in [1.82, 2.24) is 0 Å². The van der Waals surface area contributed by atoms with Gasteiger partial charge in [0.1, 0.15) is 17.4 Å². The van der Waals surface area contributed by atoms with Gasteiger partial charge in [0.15, 0.2) is 0 Å². The summed E-state index contributed by atoms with van der Waals surface area (Å²) in [5, 5.41) is 10.7. The van der Waals surface area contributed by atoms with Crippen LogP contribution >= 0.6 is 0 Å². The molecule has 2 rings (SSSR count). The molecule has 30 heavy (non-hydrogen) atoms. The summed E-state index contributed by atoms with van der Waals surface area (Å²) in [4.78, 5) is 24.0. The van der Waals surface area contributed by atoms with E-state index in [1.807, 2.05) is 6.07 Å². The molecular formula is C24H30O6. The van der Waals surface area contributed by atoms with Crippen molar-refractivity contribution in [2.75, 3.05) is 14.2 Å². The molecule has 0 aliphatic rings. The molecule has 0 heterocycles. The average molecular weight is 414 g/mol. The molecule has 0 saturated heterocycles. The summed E-state index contributed by atoms with van der Waals surface area (Å²) >= 11 is 0. The van der Waals surface area contributed by atoms with Gasteiger partial charge in [-0.2, -0.15) is 0 Å². The smallest absolute Gasteiger partial charge is 0.341 e. The summed E-state index contributed by atoms with van der Waals surface area (Å²) in [6.45, 7) is 4.14. The van der Waals surface area contributed by atoms with Crippen LogP contribution in [0, 0.1) is 5.92 Å². The predicted octanol–water partition coefficient (Wildman–Crippen LogP) is 4.05. The first-order valence-electron chi connectivity index (χ1n) is 10.0. The van der Waals surface area contributed by atoms with Gasteiger partial charge in [-0.3, -0.25) is 0 Å². The number of carbonyl (C=O) groups is 2. The van der Waals surface area contributed by atoms with Gasteiger partial charge in [-0.05, 0) is 42.5 Å². The molecule has 0 spiro atoms. The summed E-state index contributed by atoms with van der Waals surface area (Å²) < 4.78 is 15.8. The first kappa shape index (κ1) is 23.4. The standard InChI is InChI=1S/C24H30O6/c1-16(2)13-19(30-22-12-8-7-11-21(22)24(27)29-4)15-18(25)14-17-9-5-6-10-20(17)23(26)28-3/h5-12,16,18-19,25H,13-15H2,1-4H3. The molecule has 0 fully saturated rings. The van der Waals surface area contributed by atoms with Crippen molar-refractivity contribution in [3.63, 3.8) is 0 Å². The number of benzene rings is 2. The molecule has 2 atom stereocenters. The van der Waals surface area contributed by atoms with E-state index in [9.17, 15) is 14.7 Å². The second kappa shape index (κ2) is 11.4. The fraction of sp³-hybridized carbons (Fsp3) is 0.417. The zero-order valence-electron chi connectivity index (χ0n) is 18.0. The minimum Gasteiger partial charge on any atom is -0.489 e. The highest BCUT2D eigenvalue weighted by atomic mass is 16.5. The normalized spacial score (nSPS) is 12.9. The quantitative estimate of drug-likeness (QED) is 0.591. The van der Waals surface area contributed by atoms with E-state index in [-0.39, 0.29) is 6.10 Å². The van der Waals surface area contributed by atoms with Gasteiger partial charge in [-0.15, -0.1) is 0 Å². The number of aliphatic hydroxyl groups excluding tert-OH is 1. The Labute approximate surface area is 177 Å². The van der Waals surface area contributed by atoms with Crippen LogP contribution < -0.4 is 4.74 Å². The predicted molar refractivity (Wildman–Crippen MR) is 114 cm³/mol. The van der Waals surface area contributed by atoms with Gasteiger partial charge in [0.2, 0.25) is 0 Å². The number of rotatable bonds is 10. The van der Waals surface area contributed by atoms with Gasteiger partial charge < -0.3 is 19.3 Å². The molecular weight excluding hydrogens is 384 g/mol. The van der Waals surface area contributed by atoms with Gasteiger partial charge in [0.25, 0.3) is 0 Å². The van der Waals surface area contributed by atoms with Crippen LogP contribution in [0.3, 0.4) is 0 Å². The highest BCUT2D eigenvalue weighted by Gasteiger charge is 2.22. The van der Waals surface area contributed by atoms with Crippen molar-refractivity contribution in [2.45, 2.75) is 45.3 Å². The number of esters is 2. The van der Waals surface area contributed by atoms with E-state index in [1.54, 1.807) is 42.5 Å². The van der Waals surface area contributed by atoms with Gasteiger partial charge in [-0.25, -0.2) is 9.59 Å². The fourth-order valence-electron chi connectivity index (χ4n) is 3.39. The topological polar surface area (TPSA) is 82.1 Å². The summed E-state index contributed by atoms with van der Waals surface area (Å²) in [5.41, 5.74) is 1.51. The lowest BCUT2D eigenvalue weighted by Gasteiger charge is -2.24. The van der Waals surface area contributed by atoms with Crippen molar-refractivity contribution >= 4 is 11.9 Å². The molecule has 0 saturated carbocycles. The van der Waals surface area contributed by atoms with Crippen LogP contribution in [0.15, 0.2) is 48.5 Å². The molecule has 0 amide bonds. The van der Waals surface area contributed by atoms with Crippen LogP contribution in [0.25, 0.3) is 0 Å². The largest absolute Gasteiger partial charge is 0.489 e. The molecule has 162 valence electrons. The molecule has 1 N–H and O–H groups in total. The van der Waals surface area contributed by atoms with Crippen molar-refractivity contribution in [3.8, 4) is 5.75 Å². The molecule has 0 radical (unpaired) electrons. The van der Waals surface area contributed by atoms with E-state index in [0.717, 1.165) is 5.56 Å². The Bertz CT molecular complexity index is 845. The lowest BCUT2D eigenvalue weighted by Crippen LogP contribution is -2.27. The zero-order chi connectivity index (χ0) is 22.1. The van der Waals surface area contributed by atoms with Crippen LogP contribution in [-0.4, -0.2) is 43.5 Å². The zero-order valence-corrected chi connectivity index (χ0v) is 18.0. The minimum absolute atomic E-state index is 0.294. The average Bonchev–Trinajstić information content (AvgIpc) is 2.72. The first-order valence-corrected chi connectivity index (χ1v) is 10.0. The maximum atomic E-state index is 12.0. The molecule has 6 nitrogen and oxygen atoms in total. The Morgan fingerprint density at radius 3 is 2.07 bits per heavy atom. The summed E-state index contributed by atoms with van der Waals surface area (Å²) in [6.07, 6.45) is 0.303. The van der Waals surface area contributed by atoms with Crippen LogP contribution in [-0.2, 0) is 15.9 Å². The molecule has 0 aromatic heterocycles. The van der Waals surface area contributed by atoms with E-state index in [2.05, 4.69) is 13.8 Å². The van der Waals surface area contributed by atoms with Crippen molar-refractivity contribution < 1.29 is 28.9 Å². The Morgan fingerprint density at radius 2 is 1.43 bits per heavy atom. The van der Waals surface area contributed by atoms with Crippen molar-refractivity contribution in [1.29, 1.82) is 0 Å². The summed E-state index contributed by atoms with van der Waals surface area (Å²) in [5.74, 6) is -0.145. The summed E-state index contributed by atoms with van der Waals surface area (Å²) in [7, 11) is 2.66. The number of carbonyl (C=O) groups excluding carboxylic acids is 2. The van der Waals surface area contributed by atoms with Crippen LogP contribution in [0.5, 0.6) is 5.75 Å². The number of ether oxygens (including phenoxy) is 3. The van der Waals surface area contributed by atoms with Crippen molar-refractivity contribution in [2.24, 2.45) is 5.92 Å². The monoisotopic (exact) mass is 414 g/mol. The molecule has 0 bridgehead atoms. The lowest BCUT2D eigenvalue weighted by atomic mass is 9.95. The third-order valence-electron chi connectivity index (χ3n) is 4.73. The second-order valence-electron chi connectivity index (χ2n) is 7.60. The molecule has 2 aromatic carbocycles. The van der Waals surface area contributed by atoms with E-state index in [4.69, 9.17) is 14.2 Å². The lowest BCUT2D eigenvalue weighted by molar-refractivity contribution is 0.0580. The maximum Gasteiger partial charge on any atom is 0.341 e. The molecule has 0 aliphatic heterocycles. The molecule has 6 heteroatoms. The number of methoxy groups -OCH3 is 2. The first-order chi connectivity index (χ1) is 14.3. The number of hydrogen-bond donors (Lipinski definition) is 1. The summed E-state index contributed by atoms with van der Waals surface area (Å²) in [6, 6.07) is 14.0. The van der Waals surface area contributed by atoms with E-state index in [0.29, 0.717) is 42.1 Å². The third kappa shape index (κ3) is 6.59. The van der Waals surface area contributed by atoms with E-state index in [1.165, 1.54) is 14.2 Å². The van der Waals surface area contributed by atoms with E-state index < -0.39 is 18.0 Å². The van der Waals surface area contributed by atoms with Crippen LogP contribution in [0.1, 0.15) is 53.0 Å². The SMILES string of the molecule is COC(=O)c1ccccc1CC(O)CC(CC(C)C)Oc1ccccc1C(=O)OC. The Balaban J connectivity index is 2.16. The maximum absolute atomic E-state index is 12.0. The van der Waals surface area contributed by atoms with Gasteiger partial charge >= 0.3 is 11.9 Å². The van der Waals surface area contributed by atoms with Crippen LogP contribution in [0.2, 0.25) is 0 Å². The van der Waals surface area contributed by atoms with Crippen molar-refractivity contribution in [3.05, 3.63) is 65.2 Å². The van der Waals surface area contributed by atoms with Gasteiger partial charge in [0, 0.05) is 6.42 Å². The minimum atomic E-state index is -0.732. The highest BCUT2D eigenvalue weighted by molar-refractivity contribution is 5.92. The molecule has 2 unspecified atom stereocenters. The number of para-hydroxylation sites is 1. The third-order valence-corrected chi connectivity index (χ3v) is 4.73. The Morgan fingerprint density at radius 1 is 0.867 bits per heavy atom. The molecule has 2 aromatic rings. The fourth-order valence-corrected chi connectivity index (χ4v) is 3.39. The van der Waals surface area contributed by atoms with Gasteiger partial charge in [0.05, 0.1) is 25.9 Å². The van der Waals surface area contributed by atoms with Gasteiger partial charge in [-0.1, -0.05) is 44.2 Å². The number of aliphatic hydroxyl groups is 1. The Hall–Kier alpha value is -2.86.